The molecular weight excluding hydrogens is 330 g/mol. The molecule has 0 fully saturated rings. The van der Waals surface area contributed by atoms with Gasteiger partial charge in [-0.2, -0.15) is 0 Å². The SMILES string of the molecule is Cc1cc(SC(C)C)cc(Oc2ccc(S(C)(=O)=O)cc2)c1N. The van der Waals surface area contributed by atoms with Gasteiger partial charge in [0, 0.05) is 16.4 Å². The highest BCUT2D eigenvalue weighted by molar-refractivity contribution is 7.99. The third-order valence-corrected chi connectivity index (χ3v) is 5.28. The van der Waals surface area contributed by atoms with E-state index in [9.17, 15) is 8.42 Å². The van der Waals surface area contributed by atoms with Gasteiger partial charge in [0.15, 0.2) is 15.6 Å². The Bertz CT molecular complexity index is 797. The topological polar surface area (TPSA) is 69.4 Å². The molecule has 4 nitrogen and oxygen atoms in total. The van der Waals surface area contributed by atoms with Crippen LogP contribution in [0.25, 0.3) is 0 Å². The highest BCUT2D eigenvalue weighted by Crippen LogP contribution is 2.36. The van der Waals surface area contributed by atoms with Crippen molar-refractivity contribution in [3.63, 3.8) is 0 Å². The molecule has 0 saturated heterocycles. The second-order valence-electron chi connectivity index (χ2n) is 5.66. The second-order valence-corrected chi connectivity index (χ2v) is 9.33. The fourth-order valence-corrected chi connectivity index (χ4v) is 3.64. The highest BCUT2D eigenvalue weighted by atomic mass is 32.2. The van der Waals surface area contributed by atoms with Gasteiger partial charge >= 0.3 is 0 Å². The van der Waals surface area contributed by atoms with E-state index in [4.69, 9.17) is 10.5 Å². The number of hydrogen-bond acceptors (Lipinski definition) is 5. The minimum absolute atomic E-state index is 0.262. The van der Waals surface area contributed by atoms with Crippen molar-refractivity contribution in [2.24, 2.45) is 0 Å². The van der Waals surface area contributed by atoms with Crippen LogP contribution in [0.2, 0.25) is 0 Å². The number of ether oxygens (including phenoxy) is 1. The number of thioether (sulfide) groups is 1. The molecule has 0 aliphatic rings. The van der Waals surface area contributed by atoms with Crippen LogP contribution < -0.4 is 10.5 Å². The Kier molecular flexibility index (Phi) is 5.26. The van der Waals surface area contributed by atoms with Crippen molar-refractivity contribution >= 4 is 27.3 Å². The van der Waals surface area contributed by atoms with E-state index in [0.717, 1.165) is 10.5 Å². The van der Waals surface area contributed by atoms with E-state index < -0.39 is 9.84 Å². The van der Waals surface area contributed by atoms with Crippen LogP contribution in [0.4, 0.5) is 5.69 Å². The quantitative estimate of drug-likeness (QED) is 0.643. The summed E-state index contributed by atoms with van der Waals surface area (Å²) in [5, 5.41) is 0.458. The molecule has 2 aromatic carbocycles. The van der Waals surface area contributed by atoms with Gasteiger partial charge in [-0.15, -0.1) is 11.8 Å². The maximum Gasteiger partial charge on any atom is 0.175 e. The smallest absolute Gasteiger partial charge is 0.175 e. The molecule has 0 bridgehead atoms. The number of benzene rings is 2. The summed E-state index contributed by atoms with van der Waals surface area (Å²) in [6.45, 7) is 6.20. The first-order valence-corrected chi connectivity index (χ1v) is 9.98. The molecule has 23 heavy (non-hydrogen) atoms. The zero-order valence-electron chi connectivity index (χ0n) is 13.7. The van der Waals surface area contributed by atoms with Gasteiger partial charge in [-0.1, -0.05) is 13.8 Å². The first kappa shape index (κ1) is 17.7. The molecule has 0 amide bonds. The lowest BCUT2D eigenvalue weighted by Gasteiger charge is -2.14. The van der Waals surface area contributed by atoms with Crippen LogP contribution >= 0.6 is 11.8 Å². The number of nitrogens with two attached hydrogens (primary N) is 1. The van der Waals surface area contributed by atoms with Gasteiger partial charge in [-0.05, 0) is 48.9 Å². The maximum absolute atomic E-state index is 11.5. The highest BCUT2D eigenvalue weighted by Gasteiger charge is 2.11. The first-order chi connectivity index (χ1) is 10.7. The fraction of sp³-hybridized carbons (Fsp3) is 0.294. The Morgan fingerprint density at radius 3 is 2.26 bits per heavy atom. The molecule has 0 aliphatic heterocycles. The Hall–Kier alpha value is -1.66. The van der Waals surface area contributed by atoms with Crippen LogP contribution in [0.1, 0.15) is 19.4 Å². The Morgan fingerprint density at radius 1 is 1.13 bits per heavy atom. The zero-order chi connectivity index (χ0) is 17.2. The molecule has 2 rings (SSSR count). The number of rotatable bonds is 5. The molecule has 0 saturated carbocycles. The van der Waals surface area contributed by atoms with Crippen molar-refractivity contribution in [1.29, 1.82) is 0 Å². The molecule has 0 spiro atoms. The Balaban J connectivity index is 2.30. The Morgan fingerprint density at radius 2 is 1.74 bits per heavy atom. The minimum atomic E-state index is -3.21. The summed E-state index contributed by atoms with van der Waals surface area (Å²) in [6, 6.07) is 10.3. The monoisotopic (exact) mass is 351 g/mol. The van der Waals surface area contributed by atoms with Crippen LogP contribution in [0.15, 0.2) is 46.2 Å². The second kappa shape index (κ2) is 6.84. The van der Waals surface area contributed by atoms with Crippen molar-refractivity contribution in [3.8, 4) is 11.5 Å². The van der Waals surface area contributed by atoms with Crippen molar-refractivity contribution in [3.05, 3.63) is 42.0 Å². The van der Waals surface area contributed by atoms with E-state index in [1.54, 1.807) is 23.9 Å². The lowest BCUT2D eigenvalue weighted by atomic mass is 10.2. The van der Waals surface area contributed by atoms with Crippen LogP contribution in [0.3, 0.4) is 0 Å². The molecule has 2 aromatic rings. The predicted octanol–water partition coefficient (Wildman–Crippen LogP) is 4.27. The average Bonchev–Trinajstić information content (AvgIpc) is 2.43. The van der Waals surface area contributed by atoms with Gasteiger partial charge in [-0.25, -0.2) is 8.42 Å². The van der Waals surface area contributed by atoms with Crippen LogP contribution in [-0.2, 0) is 9.84 Å². The van der Waals surface area contributed by atoms with Gasteiger partial charge in [0.1, 0.15) is 5.75 Å². The van der Waals surface area contributed by atoms with E-state index in [2.05, 4.69) is 13.8 Å². The van der Waals surface area contributed by atoms with Crippen LogP contribution in [-0.4, -0.2) is 19.9 Å². The number of sulfone groups is 1. The summed E-state index contributed by atoms with van der Waals surface area (Å²) in [4.78, 5) is 1.35. The van der Waals surface area contributed by atoms with E-state index in [-0.39, 0.29) is 4.90 Å². The normalized spacial score (nSPS) is 11.7. The van der Waals surface area contributed by atoms with Gasteiger partial charge in [-0.3, -0.25) is 0 Å². The summed E-state index contributed by atoms with van der Waals surface area (Å²) < 4.78 is 28.8. The van der Waals surface area contributed by atoms with Gasteiger partial charge in [0.2, 0.25) is 0 Å². The maximum atomic E-state index is 11.5. The van der Waals surface area contributed by atoms with Crippen molar-refractivity contribution in [2.75, 3.05) is 12.0 Å². The molecule has 0 heterocycles. The summed E-state index contributed by atoms with van der Waals surface area (Å²) in [5.41, 5.74) is 7.64. The lowest BCUT2D eigenvalue weighted by molar-refractivity contribution is 0.483. The number of aryl methyl sites for hydroxylation is 1. The van der Waals surface area contributed by atoms with Gasteiger partial charge in [0.05, 0.1) is 10.6 Å². The predicted molar refractivity (Wildman–Crippen MR) is 96.2 cm³/mol. The van der Waals surface area contributed by atoms with Crippen LogP contribution in [0.5, 0.6) is 11.5 Å². The molecule has 124 valence electrons. The summed E-state index contributed by atoms with van der Waals surface area (Å²) in [6.07, 6.45) is 1.18. The minimum Gasteiger partial charge on any atom is -0.455 e. The number of anilines is 1. The molecule has 0 aromatic heterocycles. The van der Waals surface area contributed by atoms with Crippen molar-refractivity contribution in [2.45, 2.75) is 35.8 Å². The largest absolute Gasteiger partial charge is 0.455 e. The fourth-order valence-electron chi connectivity index (χ4n) is 2.04. The van der Waals surface area contributed by atoms with Gasteiger partial charge < -0.3 is 10.5 Å². The van der Waals surface area contributed by atoms with Crippen molar-refractivity contribution < 1.29 is 13.2 Å². The molecule has 0 radical (unpaired) electrons. The third kappa shape index (κ3) is 4.65. The van der Waals surface area contributed by atoms with E-state index in [1.165, 1.54) is 18.4 Å². The summed E-state index contributed by atoms with van der Waals surface area (Å²) in [7, 11) is -3.21. The average molecular weight is 351 g/mol. The standard InChI is InChI=1S/C17H21NO3S2/c1-11(2)22-14-9-12(3)17(18)16(10-14)21-13-5-7-15(8-6-13)23(4,19)20/h5-11H,18H2,1-4H3. The lowest BCUT2D eigenvalue weighted by Crippen LogP contribution is -1.98. The van der Waals surface area contributed by atoms with E-state index in [0.29, 0.717) is 22.4 Å². The molecule has 0 unspecified atom stereocenters. The summed E-state index contributed by atoms with van der Waals surface area (Å²) >= 11 is 1.74. The molecule has 6 heteroatoms. The third-order valence-electron chi connectivity index (χ3n) is 3.17. The molecule has 2 N–H and O–H groups in total. The zero-order valence-corrected chi connectivity index (χ0v) is 15.3. The number of hydrogen-bond donors (Lipinski definition) is 1. The van der Waals surface area contributed by atoms with Gasteiger partial charge in [0.25, 0.3) is 0 Å². The molecule has 0 aliphatic carbocycles. The molecular formula is C17H21NO3S2. The first-order valence-electron chi connectivity index (χ1n) is 7.21. The molecule has 0 atom stereocenters. The van der Waals surface area contributed by atoms with E-state index in [1.807, 2.05) is 19.1 Å². The van der Waals surface area contributed by atoms with Crippen molar-refractivity contribution in [1.82, 2.24) is 0 Å². The number of nitrogen functional groups attached to an aromatic ring is 1. The Labute approximate surface area is 142 Å². The van der Waals surface area contributed by atoms with Crippen LogP contribution in [0, 0.1) is 6.92 Å². The summed E-state index contributed by atoms with van der Waals surface area (Å²) in [5.74, 6) is 1.13. The van der Waals surface area contributed by atoms with E-state index >= 15 is 0 Å².